The Morgan fingerprint density at radius 2 is 2.03 bits per heavy atom. The highest BCUT2D eigenvalue weighted by atomic mass is 16.5. The van der Waals surface area contributed by atoms with Crippen molar-refractivity contribution in [3.8, 4) is 5.75 Å². The van der Waals surface area contributed by atoms with Crippen molar-refractivity contribution in [2.24, 2.45) is 0 Å². The summed E-state index contributed by atoms with van der Waals surface area (Å²) in [6, 6.07) is 16.1. The summed E-state index contributed by atoms with van der Waals surface area (Å²) in [5, 5.41) is 2.88. The molecule has 0 bridgehead atoms. The Morgan fingerprint density at radius 1 is 1.17 bits per heavy atom. The number of ether oxygens (including phenoxy) is 1. The summed E-state index contributed by atoms with van der Waals surface area (Å²) in [7, 11) is 0. The van der Waals surface area contributed by atoms with E-state index < -0.39 is 0 Å². The van der Waals surface area contributed by atoms with Gasteiger partial charge in [-0.3, -0.25) is 9.59 Å². The van der Waals surface area contributed by atoms with Crippen molar-refractivity contribution in [2.75, 3.05) is 18.5 Å². The molecule has 2 heterocycles. The van der Waals surface area contributed by atoms with Crippen LogP contribution in [0.4, 0.5) is 5.69 Å². The van der Waals surface area contributed by atoms with Crippen LogP contribution in [-0.4, -0.2) is 35.9 Å². The second-order valence-corrected chi connectivity index (χ2v) is 7.89. The first kappa shape index (κ1) is 20.2. The van der Waals surface area contributed by atoms with E-state index in [1.807, 2.05) is 41.3 Å². The number of fused-ring (bicyclic) bond motifs is 1. The Bertz CT molecular complexity index is 923. The van der Waals surface area contributed by atoms with E-state index >= 15 is 0 Å². The number of nitrogens with zero attached hydrogens (tertiary/aromatic N) is 1. The van der Waals surface area contributed by atoms with Gasteiger partial charge in [0.2, 0.25) is 11.8 Å². The van der Waals surface area contributed by atoms with Crippen LogP contribution in [0.3, 0.4) is 0 Å². The van der Waals surface area contributed by atoms with Crippen LogP contribution in [0, 0.1) is 0 Å². The minimum absolute atomic E-state index is 0.0634. The first-order valence-corrected chi connectivity index (χ1v) is 10.8. The van der Waals surface area contributed by atoms with E-state index in [0.717, 1.165) is 48.4 Å². The van der Waals surface area contributed by atoms with Crippen LogP contribution in [0.25, 0.3) is 6.08 Å². The fourth-order valence-corrected chi connectivity index (χ4v) is 4.10. The summed E-state index contributed by atoms with van der Waals surface area (Å²) in [5.74, 6) is 1.06. The predicted molar refractivity (Wildman–Crippen MR) is 118 cm³/mol. The molecule has 2 amide bonds. The third-order valence-corrected chi connectivity index (χ3v) is 5.71. The summed E-state index contributed by atoms with van der Waals surface area (Å²) < 4.78 is 5.85. The predicted octanol–water partition coefficient (Wildman–Crippen LogP) is 4.43. The second-order valence-electron chi connectivity index (χ2n) is 7.89. The number of anilines is 1. The van der Waals surface area contributed by atoms with Gasteiger partial charge in [-0.2, -0.15) is 0 Å². The van der Waals surface area contributed by atoms with Crippen molar-refractivity contribution in [2.45, 2.75) is 44.6 Å². The van der Waals surface area contributed by atoms with E-state index in [1.165, 1.54) is 0 Å². The van der Waals surface area contributed by atoms with Crippen LogP contribution in [0.2, 0.25) is 0 Å². The molecule has 0 radical (unpaired) electrons. The minimum Gasteiger partial charge on any atom is -0.494 e. The Hall–Kier alpha value is -3.08. The van der Waals surface area contributed by atoms with Gasteiger partial charge >= 0.3 is 0 Å². The average molecular weight is 405 g/mol. The third kappa shape index (κ3) is 5.09. The number of likely N-dealkylation sites (tertiary alicyclic amines) is 1. The number of hydrogen-bond donors (Lipinski definition) is 1. The molecule has 156 valence electrons. The molecule has 2 aromatic carbocycles. The molecule has 30 heavy (non-hydrogen) atoms. The monoisotopic (exact) mass is 404 g/mol. The molecule has 2 aromatic rings. The van der Waals surface area contributed by atoms with E-state index in [0.29, 0.717) is 25.9 Å². The summed E-state index contributed by atoms with van der Waals surface area (Å²) in [5.41, 5.74) is 3.14. The van der Waals surface area contributed by atoms with Crippen LogP contribution < -0.4 is 10.1 Å². The van der Waals surface area contributed by atoms with Gasteiger partial charge in [-0.15, -0.1) is 0 Å². The highest BCUT2D eigenvalue weighted by molar-refractivity contribution is 5.94. The van der Waals surface area contributed by atoms with Gasteiger partial charge in [0, 0.05) is 25.1 Å². The number of aryl methyl sites for hydroxylation is 1. The van der Waals surface area contributed by atoms with Crippen molar-refractivity contribution in [1.29, 1.82) is 0 Å². The van der Waals surface area contributed by atoms with Gasteiger partial charge in [0.05, 0.1) is 12.6 Å². The highest BCUT2D eigenvalue weighted by Gasteiger charge is 2.26. The molecule has 4 rings (SSSR count). The zero-order chi connectivity index (χ0) is 20.8. The van der Waals surface area contributed by atoms with E-state index in [-0.39, 0.29) is 17.9 Å². The van der Waals surface area contributed by atoms with Crippen molar-refractivity contribution in [3.05, 3.63) is 65.7 Å². The number of nitrogens with one attached hydrogen (secondary N) is 1. The smallest absolute Gasteiger partial charge is 0.224 e. The minimum atomic E-state index is 0.0634. The van der Waals surface area contributed by atoms with E-state index in [1.54, 1.807) is 0 Å². The average Bonchev–Trinajstić information content (AvgIpc) is 3.25. The van der Waals surface area contributed by atoms with Gasteiger partial charge in [-0.05, 0) is 55.0 Å². The van der Waals surface area contributed by atoms with Crippen LogP contribution >= 0.6 is 0 Å². The first-order chi connectivity index (χ1) is 14.7. The lowest BCUT2D eigenvalue weighted by molar-refractivity contribution is -0.131. The second kappa shape index (κ2) is 9.61. The summed E-state index contributed by atoms with van der Waals surface area (Å²) in [6.45, 7) is 1.34. The lowest BCUT2D eigenvalue weighted by atomic mass is 10.0. The van der Waals surface area contributed by atoms with Crippen molar-refractivity contribution in [3.63, 3.8) is 0 Å². The number of benzene rings is 2. The molecule has 0 aliphatic carbocycles. The fourth-order valence-electron chi connectivity index (χ4n) is 4.10. The Labute approximate surface area is 177 Å². The van der Waals surface area contributed by atoms with Crippen molar-refractivity contribution < 1.29 is 14.3 Å². The molecular weight excluding hydrogens is 376 g/mol. The zero-order valence-corrected chi connectivity index (χ0v) is 17.2. The molecule has 1 saturated heterocycles. The maximum Gasteiger partial charge on any atom is 0.224 e. The molecule has 5 nitrogen and oxygen atoms in total. The quantitative estimate of drug-likeness (QED) is 0.695. The molecular formula is C25H28N2O3. The normalized spacial score (nSPS) is 18.3. The van der Waals surface area contributed by atoms with Crippen LogP contribution in [0.1, 0.15) is 43.2 Å². The number of amides is 2. The molecule has 2 aliphatic heterocycles. The summed E-state index contributed by atoms with van der Waals surface area (Å²) in [6.07, 6.45) is 8.79. The van der Waals surface area contributed by atoms with Gasteiger partial charge in [0.1, 0.15) is 5.75 Å². The van der Waals surface area contributed by atoms with E-state index in [9.17, 15) is 9.59 Å². The first-order valence-electron chi connectivity index (χ1n) is 10.8. The van der Waals surface area contributed by atoms with Crippen molar-refractivity contribution >= 4 is 23.6 Å². The number of carbonyl (C=O) groups is 2. The maximum atomic E-state index is 12.7. The number of hydrogen-bond acceptors (Lipinski definition) is 3. The van der Waals surface area contributed by atoms with Crippen molar-refractivity contribution in [1.82, 2.24) is 4.90 Å². The largest absolute Gasteiger partial charge is 0.494 e. The molecule has 0 saturated carbocycles. The molecule has 1 N–H and O–H groups in total. The lowest BCUT2D eigenvalue weighted by Gasteiger charge is -2.22. The molecule has 1 fully saturated rings. The molecule has 5 heteroatoms. The summed E-state index contributed by atoms with van der Waals surface area (Å²) >= 11 is 0. The van der Waals surface area contributed by atoms with Crippen LogP contribution in [0.5, 0.6) is 5.75 Å². The fraction of sp³-hybridized carbons (Fsp3) is 0.360. The maximum absolute atomic E-state index is 12.7. The van der Waals surface area contributed by atoms with Gasteiger partial charge in [-0.25, -0.2) is 0 Å². The number of carbonyl (C=O) groups excluding carboxylic acids is 2. The van der Waals surface area contributed by atoms with Gasteiger partial charge in [0.15, 0.2) is 0 Å². The van der Waals surface area contributed by atoms with Gasteiger partial charge < -0.3 is 15.0 Å². The lowest BCUT2D eigenvalue weighted by Crippen LogP contribution is -2.34. The molecule has 0 aromatic heterocycles. The summed E-state index contributed by atoms with van der Waals surface area (Å²) in [4.78, 5) is 26.1. The zero-order valence-electron chi connectivity index (χ0n) is 17.2. The highest BCUT2D eigenvalue weighted by Crippen LogP contribution is 2.27. The third-order valence-electron chi connectivity index (χ3n) is 5.71. The van der Waals surface area contributed by atoms with Crippen LogP contribution in [0.15, 0.2) is 54.6 Å². The molecule has 1 atom stereocenters. The SMILES string of the molecule is O=C1CCc2cc(OCCCC(=O)N3CCCC3C=Cc3ccccc3)ccc2N1. The molecule has 2 aliphatic rings. The van der Waals surface area contributed by atoms with Crippen LogP contribution in [-0.2, 0) is 16.0 Å². The topological polar surface area (TPSA) is 58.6 Å². The Morgan fingerprint density at radius 3 is 2.90 bits per heavy atom. The Balaban J connectivity index is 1.23. The van der Waals surface area contributed by atoms with E-state index in [2.05, 4.69) is 29.6 Å². The van der Waals surface area contributed by atoms with Gasteiger partial charge in [-0.1, -0.05) is 42.5 Å². The Kier molecular flexibility index (Phi) is 6.47. The number of rotatable bonds is 7. The van der Waals surface area contributed by atoms with Gasteiger partial charge in [0.25, 0.3) is 0 Å². The molecule has 1 unspecified atom stereocenters. The molecule has 0 spiro atoms. The van der Waals surface area contributed by atoms with E-state index in [4.69, 9.17) is 4.74 Å². The standard InChI is InChI=1S/C25H28N2O3/c28-24-15-11-20-18-22(13-14-23(20)26-24)30-17-5-9-25(29)27-16-4-8-21(27)12-10-19-6-2-1-3-7-19/h1-3,6-7,10,12-14,18,21H,4-5,8-9,11,15-17H2,(H,26,28).